The number of ether oxygens (including phenoxy) is 1. The summed E-state index contributed by atoms with van der Waals surface area (Å²) >= 11 is 1.44. The standard InChI is InChI=1S/C18H24N4O2S/c1-13-20-21-18(22(13)14-8-4-3-5-9-14)25-12-17(23)19-15-10-6-7-11-16(15)24-2/h6-7,10-11,14H,3-5,8-9,12H2,1-2H3,(H,19,23). The van der Waals surface area contributed by atoms with Crippen molar-refractivity contribution in [1.82, 2.24) is 14.8 Å². The Labute approximate surface area is 152 Å². The molecule has 0 aliphatic heterocycles. The van der Waals surface area contributed by atoms with Gasteiger partial charge in [0.25, 0.3) is 0 Å². The number of nitrogens with one attached hydrogen (secondary N) is 1. The molecular formula is C18H24N4O2S. The average Bonchev–Trinajstić information content (AvgIpc) is 3.02. The summed E-state index contributed by atoms with van der Waals surface area (Å²) in [6.45, 7) is 1.99. The largest absolute Gasteiger partial charge is 0.495 e. The van der Waals surface area contributed by atoms with E-state index in [1.54, 1.807) is 7.11 Å². The second kappa shape index (κ2) is 8.38. The van der Waals surface area contributed by atoms with Gasteiger partial charge >= 0.3 is 0 Å². The first-order valence-electron chi connectivity index (χ1n) is 8.66. The van der Waals surface area contributed by atoms with E-state index < -0.39 is 0 Å². The quantitative estimate of drug-likeness (QED) is 0.793. The van der Waals surface area contributed by atoms with Gasteiger partial charge in [0, 0.05) is 6.04 Å². The molecule has 1 amide bonds. The molecule has 0 spiro atoms. The predicted molar refractivity (Wildman–Crippen MR) is 99.2 cm³/mol. The molecule has 6 nitrogen and oxygen atoms in total. The molecule has 1 fully saturated rings. The van der Waals surface area contributed by atoms with Crippen molar-refractivity contribution in [2.45, 2.75) is 50.2 Å². The van der Waals surface area contributed by atoms with Crippen LogP contribution in [0.2, 0.25) is 0 Å². The molecule has 1 N–H and O–H groups in total. The molecule has 1 aliphatic carbocycles. The zero-order valence-electron chi connectivity index (χ0n) is 14.7. The summed E-state index contributed by atoms with van der Waals surface area (Å²) < 4.78 is 7.47. The van der Waals surface area contributed by atoms with Crippen LogP contribution in [0.4, 0.5) is 5.69 Å². The Morgan fingerprint density at radius 1 is 1.28 bits per heavy atom. The lowest BCUT2D eigenvalue weighted by atomic mass is 9.95. The number of anilines is 1. The fourth-order valence-corrected chi connectivity index (χ4v) is 4.12. The molecule has 25 heavy (non-hydrogen) atoms. The molecule has 2 aromatic rings. The molecule has 0 bridgehead atoms. The van der Waals surface area contributed by atoms with E-state index in [9.17, 15) is 4.79 Å². The summed E-state index contributed by atoms with van der Waals surface area (Å²) in [5.74, 6) is 1.80. The highest BCUT2D eigenvalue weighted by Crippen LogP contribution is 2.32. The van der Waals surface area contributed by atoms with Crippen molar-refractivity contribution >= 4 is 23.4 Å². The Kier molecular flexibility index (Phi) is 5.96. The lowest BCUT2D eigenvalue weighted by Crippen LogP contribution is -2.17. The van der Waals surface area contributed by atoms with Crippen LogP contribution < -0.4 is 10.1 Å². The highest BCUT2D eigenvalue weighted by atomic mass is 32.2. The van der Waals surface area contributed by atoms with Gasteiger partial charge in [-0.3, -0.25) is 4.79 Å². The van der Waals surface area contributed by atoms with Crippen LogP contribution in [0.3, 0.4) is 0 Å². The van der Waals surface area contributed by atoms with Gasteiger partial charge in [-0.15, -0.1) is 10.2 Å². The monoisotopic (exact) mass is 360 g/mol. The minimum Gasteiger partial charge on any atom is -0.495 e. The maximum atomic E-state index is 12.3. The third-order valence-electron chi connectivity index (χ3n) is 4.49. The third kappa shape index (κ3) is 4.34. The van der Waals surface area contributed by atoms with E-state index in [0.29, 0.717) is 23.2 Å². The van der Waals surface area contributed by atoms with Gasteiger partial charge in [-0.25, -0.2) is 0 Å². The Morgan fingerprint density at radius 3 is 2.80 bits per heavy atom. The summed E-state index contributed by atoms with van der Waals surface area (Å²) in [4.78, 5) is 12.3. The van der Waals surface area contributed by atoms with Crippen molar-refractivity contribution < 1.29 is 9.53 Å². The van der Waals surface area contributed by atoms with Crippen molar-refractivity contribution in [3.8, 4) is 5.75 Å². The van der Waals surface area contributed by atoms with Crippen LogP contribution in [0.15, 0.2) is 29.4 Å². The number of carbonyl (C=O) groups excluding carboxylic acids is 1. The van der Waals surface area contributed by atoms with Crippen LogP contribution in [0.1, 0.15) is 44.0 Å². The first-order valence-corrected chi connectivity index (χ1v) is 9.64. The molecule has 0 atom stereocenters. The smallest absolute Gasteiger partial charge is 0.234 e. The number of amides is 1. The van der Waals surface area contributed by atoms with Crippen LogP contribution in [0, 0.1) is 6.92 Å². The van der Waals surface area contributed by atoms with E-state index in [2.05, 4.69) is 20.1 Å². The van der Waals surface area contributed by atoms with Crippen molar-refractivity contribution in [3.05, 3.63) is 30.1 Å². The number of benzene rings is 1. The predicted octanol–water partition coefficient (Wildman–Crippen LogP) is 3.83. The summed E-state index contributed by atoms with van der Waals surface area (Å²) in [5, 5.41) is 12.2. The van der Waals surface area contributed by atoms with Gasteiger partial charge in [-0.1, -0.05) is 43.2 Å². The topological polar surface area (TPSA) is 69.0 Å². The second-order valence-corrected chi connectivity index (χ2v) is 7.17. The zero-order chi connectivity index (χ0) is 17.6. The summed E-state index contributed by atoms with van der Waals surface area (Å²) in [6.07, 6.45) is 6.14. The van der Waals surface area contributed by atoms with Crippen LogP contribution in [0.25, 0.3) is 0 Å². The van der Waals surface area contributed by atoms with E-state index in [-0.39, 0.29) is 5.91 Å². The number of rotatable bonds is 6. The minimum atomic E-state index is -0.0784. The van der Waals surface area contributed by atoms with Gasteiger partial charge in [-0.2, -0.15) is 0 Å². The SMILES string of the molecule is COc1ccccc1NC(=O)CSc1nnc(C)n1C1CCCCC1. The zero-order valence-corrected chi connectivity index (χ0v) is 15.5. The van der Waals surface area contributed by atoms with Gasteiger partial charge in [0.2, 0.25) is 5.91 Å². The number of aryl methyl sites for hydroxylation is 1. The summed E-state index contributed by atoms with van der Waals surface area (Å²) in [7, 11) is 1.59. The second-order valence-electron chi connectivity index (χ2n) is 6.23. The number of carbonyl (C=O) groups is 1. The van der Waals surface area contributed by atoms with Crippen molar-refractivity contribution in [2.24, 2.45) is 0 Å². The maximum Gasteiger partial charge on any atom is 0.234 e. The molecule has 0 saturated heterocycles. The highest BCUT2D eigenvalue weighted by molar-refractivity contribution is 7.99. The molecule has 1 saturated carbocycles. The Balaban J connectivity index is 1.62. The average molecular weight is 360 g/mol. The molecule has 1 aliphatic rings. The van der Waals surface area contributed by atoms with Crippen molar-refractivity contribution in [3.63, 3.8) is 0 Å². The van der Waals surface area contributed by atoms with Gasteiger partial charge in [0.05, 0.1) is 18.6 Å². The van der Waals surface area contributed by atoms with E-state index in [1.165, 1.54) is 43.9 Å². The van der Waals surface area contributed by atoms with E-state index in [4.69, 9.17) is 4.74 Å². The lowest BCUT2D eigenvalue weighted by molar-refractivity contribution is -0.113. The van der Waals surface area contributed by atoms with Gasteiger partial charge in [0.15, 0.2) is 5.16 Å². The molecular weight excluding hydrogens is 336 g/mol. The van der Waals surface area contributed by atoms with Crippen LogP contribution in [-0.4, -0.2) is 33.5 Å². The fraction of sp³-hybridized carbons (Fsp3) is 0.500. The van der Waals surface area contributed by atoms with Crippen molar-refractivity contribution in [2.75, 3.05) is 18.2 Å². The number of aromatic nitrogens is 3. The highest BCUT2D eigenvalue weighted by Gasteiger charge is 2.21. The van der Waals surface area contributed by atoms with E-state index >= 15 is 0 Å². The molecule has 0 radical (unpaired) electrons. The third-order valence-corrected chi connectivity index (χ3v) is 5.43. The normalized spacial score (nSPS) is 15.1. The summed E-state index contributed by atoms with van der Waals surface area (Å²) in [6, 6.07) is 7.86. The van der Waals surface area contributed by atoms with Crippen molar-refractivity contribution in [1.29, 1.82) is 0 Å². The molecule has 1 heterocycles. The fourth-order valence-electron chi connectivity index (χ4n) is 3.27. The molecule has 134 valence electrons. The number of nitrogens with zero attached hydrogens (tertiary/aromatic N) is 3. The van der Waals surface area contributed by atoms with Crippen LogP contribution in [-0.2, 0) is 4.79 Å². The van der Waals surface area contributed by atoms with Gasteiger partial charge in [-0.05, 0) is 31.9 Å². The summed E-state index contributed by atoms with van der Waals surface area (Å²) in [5.41, 5.74) is 0.681. The van der Waals surface area contributed by atoms with Gasteiger partial charge < -0.3 is 14.6 Å². The van der Waals surface area contributed by atoms with Crippen LogP contribution in [0.5, 0.6) is 5.75 Å². The van der Waals surface area contributed by atoms with Crippen LogP contribution >= 0.6 is 11.8 Å². The number of hydrogen-bond donors (Lipinski definition) is 1. The molecule has 1 aromatic carbocycles. The number of para-hydroxylation sites is 2. The first-order chi connectivity index (χ1) is 12.2. The van der Waals surface area contributed by atoms with E-state index in [0.717, 1.165) is 11.0 Å². The minimum absolute atomic E-state index is 0.0784. The molecule has 3 rings (SSSR count). The molecule has 0 unspecified atom stereocenters. The van der Waals surface area contributed by atoms with E-state index in [1.807, 2.05) is 31.2 Å². The number of methoxy groups -OCH3 is 1. The maximum absolute atomic E-state index is 12.3. The Bertz CT molecular complexity index is 726. The lowest BCUT2D eigenvalue weighted by Gasteiger charge is -2.24. The number of hydrogen-bond acceptors (Lipinski definition) is 5. The van der Waals surface area contributed by atoms with Gasteiger partial charge in [0.1, 0.15) is 11.6 Å². The first kappa shape index (κ1) is 17.8. The Hall–Kier alpha value is -2.02. The number of thioether (sulfide) groups is 1. The Morgan fingerprint density at radius 2 is 2.04 bits per heavy atom. The molecule has 1 aromatic heterocycles. The molecule has 7 heteroatoms.